The molecule has 1 heterocycles. The van der Waals surface area contributed by atoms with E-state index in [0.29, 0.717) is 5.25 Å². The number of hydrogen-bond acceptors (Lipinski definition) is 2. The summed E-state index contributed by atoms with van der Waals surface area (Å²) < 4.78 is 0. The fourth-order valence-corrected chi connectivity index (χ4v) is 2.80. The SMILES string of the molecule is C=CC1CCN(CC(S)c2ccccc2)CC1. The largest absolute Gasteiger partial charge is 0.302 e. The Morgan fingerprint density at radius 1 is 1.29 bits per heavy atom. The van der Waals surface area contributed by atoms with Crippen LogP contribution in [-0.2, 0) is 0 Å². The van der Waals surface area contributed by atoms with Crippen molar-refractivity contribution in [1.29, 1.82) is 0 Å². The number of nitrogens with zero attached hydrogens (tertiary/aromatic N) is 1. The second-order valence-electron chi connectivity index (χ2n) is 4.80. The molecule has 2 rings (SSSR count). The van der Waals surface area contributed by atoms with E-state index >= 15 is 0 Å². The Hall–Kier alpha value is -0.730. The molecule has 1 aromatic carbocycles. The fraction of sp³-hybridized carbons (Fsp3) is 0.467. The first-order valence-corrected chi connectivity index (χ1v) is 6.89. The van der Waals surface area contributed by atoms with Gasteiger partial charge in [-0.15, -0.1) is 6.58 Å². The molecule has 2 heteroatoms. The summed E-state index contributed by atoms with van der Waals surface area (Å²) in [6.07, 6.45) is 4.60. The summed E-state index contributed by atoms with van der Waals surface area (Å²) in [7, 11) is 0. The molecule has 0 spiro atoms. The van der Waals surface area contributed by atoms with Crippen molar-refractivity contribution >= 4 is 12.6 Å². The van der Waals surface area contributed by atoms with Crippen LogP contribution >= 0.6 is 12.6 Å². The summed E-state index contributed by atoms with van der Waals surface area (Å²) in [6, 6.07) is 10.5. The van der Waals surface area contributed by atoms with Gasteiger partial charge in [-0.1, -0.05) is 36.4 Å². The van der Waals surface area contributed by atoms with Gasteiger partial charge in [0.2, 0.25) is 0 Å². The molecule has 17 heavy (non-hydrogen) atoms. The first-order chi connectivity index (χ1) is 8.29. The van der Waals surface area contributed by atoms with Crippen molar-refractivity contribution in [3.8, 4) is 0 Å². The van der Waals surface area contributed by atoms with E-state index < -0.39 is 0 Å². The number of thiol groups is 1. The Balaban J connectivity index is 1.84. The van der Waals surface area contributed by atoms with E-state index in [-0.39, 0.29) is 0 Å². The van der Waals surface area contributed by atoms with Gasteiger partial charge in [0.05, 0.1) is 0 Å². The van der Waals surface area contributed by atoms with Crippen molar-refractivity contribution < 1.29 is 0 Å². The second-order valence-corrected chi connectivity index (χ2v) is 5.42. The average Bonchev–Trinajstić information content (AvgIpc) is 2.40. The maximum atomic E-state index is 4.71. The molecule has 92 valence electrons. The Bertz CT molecular complexity index is 341. The standard InChI is InChI=1S/C15H21NS/c1-2-13-8-10-16(11-9-13)12-15(17)14-6-4-3-5-7-14/h2-7,13,15,17H,1,8-12H2. The lowest BCUT2D eigenvalue weighted by Gasteiger charge is -2.32. The van der Waals surface area contributed by atoms with Gasteiger partial charge in [0, 0.05) is 11.8 Å². The van der Waals surface area contributed by atoms with E-state index in [9.17, 15) is 0 Å². The Morgan fingerprint density at radius 2 is 1.94 bits per heavy atom. The zero-order valence-electron chi connectivity index (χ0n) is 10.3. The van der Waals surface area contributed by atoms with Crippen molar-refractivity contribution in [2.75, 3.05) is 19.6 Å². The van der Waals surface area contributed by atoms with Gasteiger partial charge >= 0.3 is 0 Å². The van der Waals surface area contributed by atoms with Crippen LogP contribution in [0, 0.1) is 5.92 Å². The zero-order valence-corrected chi connectivity index (χ0v) is 11.2. The monoisotopic (exact) mass is 247 g/mol. The van der Waals surface area contributed by atoms with E-state index in [1.54, 1.807) is 0 Å². The second kappa shape index (κ2) is 6.27. The number of allylic oxidation sites excluding steroid dienone is 1. The molecule has 0 radical (unpaired) electrons. The van der Waals surface area contributed by atoms with Crippen molar-refractivity contribution in [3.63, 3.8) is 0 Å². The highest BCUT2D eigenvalue weighted by Gasteiger charge is 2.19. The van der Waals surface area contributed by atoms with E-state index in [2.05, 4.69) is 47.9 Å². The Kier molecular flexibility index (Phi) is 4.69. The zero-order chi connectivity index (χ0) is 12.1. The minimum absolute atomic E-state index is 0.330. The van der Waals surface area contributed by atoms with Gasteiger partial charge in [0.25, 0.3) is 0 Å². The molecule has 1 nitrogen and oxygen atoms in total. The van der Waals surface area contributed by atoms with Crippen molar-refractivity contribution in [2.45, 2.75) is 18.1 Å². The number of likely N-dealkylation sites (tertiary alicyclic amines) is 1. The minimum atomic E-state index is 0.330. The summed E-state index contributed by atoms with van der Waals surface area (Å²) in [5.74, 6) is 0.723. The van der Waals surface area contributed by atoms with Crippen LogP contribution in [-0.4, -0.2) is 24.5 Å². The highest BCUT2D eigenvalue weighted by atomic mass is 32.1. The summed E-state index contributed by atoms with van der Waals surface area (Å²) >= 11 is 4.71. The topological polar surface area (TPSA) is 3.24 Å². The molecule has 1 aromatic rings. The van der Waals surface area contributed by atoms with Crippen molar-refractivity contribution in [2.24, 2.45) is 5.92 Å². The van der Waals surface area contributed by atoms with Gasteiger partial charge in [-0.2, -0.15) is 12.6 Å². The summed E-state index contributed by atoms with van der Waals surface area (Å²) in [4.78, 5) is 2.52. The third-order valence-corrected chi connectivity index (χ3v) is 4.04. The quantitative estimate of drug-likeness (QED) is 0.629. The molecule has 0 aliphatic carbocycles. The highest BCUT2D eigenvalue weighted by molar-refractivity contribution is 7.80. The number of benzene rings is 1. The molecule has 1 unspecified atom stereocenters. The number of piperidine rings is 1. The molecular weight excluding hydrogens is 226 g/mol. The molecule has 0 saturated carbocycles. The van der Waals surface area contributed by atoms with Gasteiger partial charge in [-0.3, -0.25) is 0 Å². The molecule has 1 fully saturated rings. The molecule has 1 aliphatic heterocycles. The van der Waals surface area contributed by atoms with Gasteiger partial charge < -0.3 is 4.90 Å². The molecule has 1 aliphatic rings. The van der Waals surface area contributed by atoms with Gasteiger partial charge in [-0.25, -0.2) is 0 Å². The van der Waals surface area contributed by atoms with Crippen molar-refractivity contribution in [1.82, 2.24) is 4.90 Å². The molecule has 0 aromatic heterocycles. The van der Waals surface area contributed by atoms with Crippen LogP contribution in [0.25, 0.3) is 0 Å². The van der Waals surface area contributed by atoms with Crippen molar-refractivity contribution in [3.05, 3.63) is 48.6 Å². The van der Waals surface area contributed by atoms with Crippen LogP contribution in [0.3, 0.4) is 0 Å². The van der Waals surface area contributed by atoms with Crippen LogP contribution in [0.2, 0.25) is 0 Å². The van der Waals surface area contributed by atoms with Gasteiger partial charge in [-0.05, 0) is 37.4 Å². The normalized spacial score (nSPS) is 20.1. The maximum absolute atomic E-state index is 4.71. The molecule has 0 amide bonds. The highest BCUT2D eigenvalue weighted by Crippen LogP contribution is 2.24. The van der Waals surface area contributed by atoms with E-state index in [0.717, 1.165) is 12.5 Å². The van der Waals surface area contributed by atoms with Gasteiger partial charge in [0.15, 0.2) is 0 Å². The van der Waals surface area contributed by atoms with Crippen LogP contribution in [0.15, 0.2) is 43.0 Å². The van der Waals surface area contributed by atoms with E-state index in [1.165, 1.54) is 31.5 Å². The molecule has 0 bridgehead atoms. The maximum Gasteiger partial charge on any atom is 0.0394 e. The predicted octanol–water partition coefficient (Wildman–Crippen LogP) is 3.56. The fourth-order valence-electron chi connectivity index (χ4n) is 2.40. The Morgan fingerprint density at radius 3 is 2.53 bits per heavy atom. The lowest BCUT2D eigenvalue weighted by atomic mass is 9.97. The minimum Gasteiger partial charge on any atom is -0.302 e. The summed E-state index contributed by atoms with van der Waals surface area (Å²) in [5.41, 5.74) is 1.32. The summed E-state index contributed by atoms with van der Waals surface area (Å²) in [6.45, 7) is 7.30. The summed E-state index contributed by atoms with van der Waals surface area (Å²) in [5, 5.41) is 0.330. The van der Waals surface area contributed by atoms with Crippen LogP contribution in [0.1, 0.15) is 23.7 Å². The van der Waals surface area contributed by atoms with Crippen LogP contribution in [0.4, 0.5) is 0 Å². The molecule has 1 atom stereocenters. The smallest absolute Gasteiger partial charge is 0.0394 e. The van der Waals surface area contributed by atoms with Crippen LogP contribution < -0.4 is 0 Å². The third kappa shape index (κ3) is 3.62. The molecule has 1 saturated heterocycles. The lowest BCUT2D eigenvalue weighted by molar-refractivity contribution is 0.204. The number of rotatable bonds is 4. The van der Waals surface area contributed by atoms with E-state index in [4.69, 9.17) is 12.6 Å². The lowest BCUT2D eigenvalue weighted by Crippen LogP contribution is -2.35. The predicted molar refractivity (Wildman–Crippen MR) is 77.5 cm³/mol. The first-order valence-electron chi connectivity index (χ1n) is 6.37. The average molecular weight is 247 g/mol. The first kappa shape index (κ1) is 12.7. The van der Waals surface area contributed by atoms with Gasteiger partial charge in [0.1, 0.15) is 0 Å². The Labute approximate surface area is 110 Å². The third-order valence-electron chi connectivity index (χ3n) is 3.58. The van der Waals surface area contributed by atoms with Crippen LogP contribution in [0.5, 0.6) is 0 Å². The molecule has 0 N–H and O–H groups in total. The van der Waals surface area contributed by atoms with E-state index in [1.807, 2.05) is 0 Å². The molecular formula is C15H21NS. The number of hydrogen-bond donors (Lipinski definition) is 1.